The maximum absolute atomic E-state index is 11.7. The van der Waals surface area contributed by atoms with Crippen molar-refractivity contribution in [1.82, 2.24) is 9.88 Å². The molecule has 1 N–H and O–H groups in total. The molecular weight excluding hydrogens is 350 g/mol. The van der Waals surface area contributed by atoms with Crippen molar-refractivity contribution >= 4 is 17.9 Å². The second-order valence-electron chi connectivity index (χ2n) is 7.59. The van der Waals surface area contributed by atoms with Crippen molar-refractivity contribution in [2.24, 2.45) is 5.92 Å². The van der Waals surface area contributed by atoms with Crippen LogP contribution in [0.2, 0.25) is 0 Å². The van der Waals surface area contributed by atoms with Crippen LogP contribution in [0.1, 0.15) is 51.8 Å². The molecule has 7 heteroatoms. The first-order chi connectivity index (χ1) is 12.1. The van der Waals surface area contributed by atoms with Gasteiger partial charge in [-0.3, -0.25) is 4.90 Å². The maximum atomic E-state index is 11.7. The van der Waals surface area contributed by atoms with Gasteiger partial charge in [0.15, 0.2) is 0 Å². The summed E-state index contributed by atoms with van der Waals surface area (Å²) in [6, 6.07) is 5.63. The van der Waals surface area contributed by atoms with E-state index < -0.39 is 11.8 Å². The van der Waals surface area contributed by atoms with E-state index >= 15 is 0 Å². The molecule has 0 aromatic carbocycles. The summed E-state index contributed by atoms with van der Waals surface area (Å²) in [6.07, 6.45) is 0.617. The molecule has 6 nitrogen and oxygen atoms in total. The molecule has 0 aliphatic carbocycles. The summed E-state index contributed by atoms with van der Waals surface area (Å²) in [5, 5.41) is 19.8. The number of nitrogens with zero attached hydrogens (tertiary/aromatic N) is 3. The average Bonchev–Trinajstić information content (AvgIpc) is 2.81. The van der Waals surface area contributed by atoms with Crippen LogP contribution >= 0.6 is 11.8 Å². The third kappa shape index (κ3) is 4.89. The quantitative estimate of drug-likeness (QED) is 0.745. The lowest BCUT2D eigenvalue weighted by Crippen LogP contribution is -2.47. The molecule has 26 heavy (non-hydrogen) atoms. The Kier molecular flexibility index (Phi) is 6.53. The molecule has 0 saturated carbocycles. The molecule has 1 saturated heterocycles. The fourth-order valence-electron chi connectivity index (χ4n) is 3.33. The molecule has 1 aliphatic rings. The molecule has 1 amide bonds. The highest BCUT2D eigenvalue weighted by atomic mass is 32.2. The first-order valence-corrected chi connectivity index (χ1v) is 9.72. The predicted molar refractivity (Wildman–Crippen MR) is 101 cm³/mol. The van der Waals surface area contributed by atoms with Crippen LogP contribution in [-0.4, -0.2) is 44.7 Å². The molecular formula is C19H27N3O3S. The molecule has 1 fully saturated rings. The fourth-order valence-corrected chi connectivity index (χ4v) is 4.88. The van der Waals surface area contributed by atoms with Crippen LogP contribution in [0.15, 0.2) is 17.2 Å². The first kappa shape index (κ1) is 20.5. The van der Waals surface area contributed by atoms with Crippen molar-refractivity contribution in [2.75, 3.05) is 6.61 Å². The van der Waals surface area contributed by atoms with Crippen LogP contribution in [0.4, 0.5) is 4.79 Å². The van der Waals surface area contributed by atoms with E-state index in [-0.39, 0.29) is 11.3 Å². The van der Waals surface area contributed by atoms with Crippen LogP contribution < -0.4 is 0 Å². The van der Waals surface area contributed by atoms with E-state index in [1.807, 2.05) is 13.0 Å². The highest BCUT2D eigenvalue weighted by Gasteiger charge is 2.44. The predicted octanol–water partition coefficient (Wildman–Crippen LogP) is 4.27. The van der Waals surface area contributed by atoms with E-state index in [2.05, 4.69) is 24.9 Å². The van der Waals surface area contributed by atoms with Gasteiger partial charge in [0.25, 0.3) is 0 Å². The highest BCUT2D eigenvalue weighted by Crippen LogP contribution is 2.36. The number of amides is 1. The fraction of sp³-hybridized carbons (Fsp3) is 0.632. The SMILES string of the molecule is Cc1ccc(C#N)c(S[C@@H](CC(C)C)C[C@H]2COC(C)(C)N2C(=O)O)n1. The second-order valence-corrected chi connectivity index (χ2v) is 8.88. The minimum Gasteiger partial charge on any atom is -0.465 e. The Morgan fingerprint density at radius 1 is 1.54 bits per heavy atom. The number of pyridine rings is 1. The number of aromatic nitrogens is 1. The van der Waals surface area contributed by atoms with E-state index in [1.165, 1.54) is 4.90 Å². The van der Waals surface area contributed by atoms with Gasteiger partial charge in [0.05, 0.1) is 18.2 Å². The van der Waals surface area contributed by atoms with Gasteiger partial charge in [-0.05, 0) is 51.7 Å². The van der Waals surface area contributed by atoms with Gasteiger partial charge < -0.3 is 9.84 Å². The Morgan fingerprint density at radius 3 is 2.81 bits per heavy atom. The summed E-state index contributed by atoms with van der Waals surface area (Å²) >= 11 is 1.57. The Morgan fingerprint density at radius 2 is 2.23 bits per heavy atom. The number of carboxylic acid groups (broad SMARTS) is 1. The molecule has 2 atom stereocenters. The van der Waals surface area contributed by atoms with Gasteiger partial charge in [0.2, 0.25) is 0 Å². The largest absolute Gasteiger partial charge is 0.465 e. The summed E-state index contributed by atoms with van der Waals surface area (Å²) in [6.45, 7) is 10.1. The van der Waals surface area contributed by atoms with Gasteiger partial charge >= 0.3 is 6.09 Å². The third-order valence-electron chi connectivity index (χ3n) is 4.45. The number of carbonyl (C=O) groups is 1. The molecule has 0 bridgehead atoms. The highest BCUT2D eigenvalue weighted by molar-refractivity contribution is 7.99. The number of hydrogen-bond donors (Lipinski definition) is 1. The van der Waals surface area contributed by atoms with Crippen molar-refractivity contribution in [3.8, 4) is 6.07 Å². The lowest BCUT2D eigenvalue weighted by Gasteiger charge is -2.32. The standard InChI is InChI=1S/C19H27N3O3S/c1-12(2)8-16(26-17-14(10-20)7-6-13(3)21-17)9-15-11-25-19(4,5)22(15)18(23)24/h6-7,12,15-16H,8-9,11H2,1-5H3,(H,23,24)/t15-,16-/m0/s1. The topological polar surface area (TPSA) is 86.5 Å². The molecule has 0 radical (unpaired) electrons. The molecule has 1 aromatic rings. The van der Waals surface area contributed by atoms with Gasteiger partial charge in [-0.15, -0.1) is 11.8 Å². The number of ether oxygens (including phenoxy) is 1. The number of rotatable bonds is 6. The minimum atomic E-state index is -0.961. The van der Waals surface area contributed by atoms with Gasteiger partial charge in [-0.2, -0.15) is 5.26 Å². The molecule has 0 spiro atoms. The van der Waals surface area contributed by atoms with Crippen LogP contribution in [0, 0.1) is 24.2 Å². The Labute approximate surface area is 159 Å². The zero-order valence-corrected chi connectivity index (χ0v) is 16.8. The monoisotopic (exact) mass is 377 g/mol. The van der Waals surface area contributed by atoms with Crippen molar-refractivity contribution < 1.29 is 14.6 Å². The van der Waals surface area contributed by atoms with E-state index in [0.717, 1.165) is 17.1 Å². The normalized spacial score (nSPS) is 20.2. The molecule has 1 aromatic heterocycles. The van der Waals surface area contributed by atoms with Crippen LogP contribution in [0.3, 0.4) is 0 Å². The smallest absolute Gasteiger partial charge is 0.409 e. The lowest BCUT2D eigenvalue weighted by atomic mass is 10.0. The van der Waals surface area contributed by atoms with E-state index in [1.54, 1.807) is 31.7 Å². The maximum Gasteiger partial charge on any atom is 0.409 e. The van der Waals surface area contributed by atoms with E-state index in [4.69, 9.17) is 4.74 Å². The third-order valence-corrected chi connectivity index (χ3v) is 5.70. The Hall–Kier alpha value is -1.78. The molecule has 2 rings (SSSR count). The zero-order valence-electron chi connectivity index (χ0n) is 16.0. The average molecular weight is 378 g/mol. The minimum absolute atomic E-state index is 0.153. The van der Waals surface area contributed by atoms with Crippen molar-refractivity contribution in [3.05, 3.63) is 23.4 Å². The van der Waals surface area contributed by atoms with E-state index in [9.17, 15) is 15.2 Å². The van der Waals surface area contributed by atoms with Gasteiger partial charge in [0, 0.05) is 10.9 Å². The summed E-state index contributed by atoms with van der Waals surface area (Å²) in [7, 11) is 0. The van der Waals surface area contributed by atoms with Crippen LogP contribution in [-0.2, 0) is 4.74 Å². The molecule has 0 unspecified atom stereocenters. The Balaban J connectivity index is 2.22. The molecule has 142 valence electrons. The summed E-state index contributed by atoms with van der Waals surface area (Å²) in [5.41, 5.74) is 0.614. The number of thioether (sulfide) groups is 1. The number of hydrogen-bond acceptors (Lipinski definition) is 5. The lowest BCUT2D eigenvalue weighted by molar-refractivity contribution is -0.0421. The van der Waals surface area contributed by atoms with Crippen molar-refractivity contribution in [3.63, 3.8) is 0 Å². The second kappa shape index (κ2) is 8.28. The summed E-state index contributed by atoms with van der Waals surface area (Å²) in [4.78, 5) is 17.7. The molecule has 2 heterocycles. The van der Waals surface area contributed by atoms with Gasteiger partial charge in [-0.1, -0.05) is 13.8 Å². The van der Waals surface area contributed by atoms with Crippen LogP contribution in [0.25, 0.3) is 0 Å². The van der Waals surface area contributed by atoms with Crippen molar-refractivity contribution in [1.29, 1.82) is 5.26 Å². The van der Waals surface area contributed by atoms with Gasteiger partial charge in [0.1, 0.15) is 16.8 Å². The molecule has 1 aliphatic heterocycles. The number of nitriles is 1. The van der Waals surface area contributed by atoms with E-state index in [0.29, 0.717) is 24.5 Å². The Bertz CT molecular complexity index is 700. The number of aryl methyl sites for hydroxylation is 1. The van der Waals surface area contributed by atoms with Crippen LogP contribution in [0.5, 0.6) is 0 Å². The zero-order chi connectivity index (χ0) is 19.5. The first-order valence-electron chi connectivity index (χ1n) is 8.84. The van der Waals surface area contributed by atoms with Crippen molar-refractivity contribution in [2.45, 2.75) is 69.5 Å². The summed E-state index contributed by atoms with van der Waals surface area (Å²) < 4.78 is 5.71. The summed E-state index contributed by atoms with van der Waals surface area (Å²) in [5.74, 6) is 0.455. The van der Waals surface area contributed by atoms with Gasteiger partial charge in [-0.25, -0.2) is 9.78 Å².